The first kappa shape index (κ1) is 18.1. The van der Waals surface area contributed by atoms with Crippen molar-refractivity contribution < 1.29 is 0 Å². The number of nitrogens with two attached hydrogens (primary N) is 1. The largest absolute Gasteiger partial charge is 0.375 e. The van der Waals surface area contributed by atoms with Gasteiger partial charge in [-0.2, -0.15) is 5.10 Å². The zero-order valence-corrected chi connectivity index (χ0v) is 15.4. The second-order valence-electron chi connectivity index (χ2n) is 6.79. The van der Waals surface area contributed by atoms with E-state index in [9.17, 15) is 0 Å². The molecule has 1 unspecified atom stereocenters. The molecule has 1 aromatic rings. The smallest absolute Gasteiger partial charge is 0.184 e. The Morgan fingerprint density at radius 1 is 1.50 bits per heavy atom. The van der Waals surface area contributed by atoms with Crippen LogP contribution in [0.3, 0.4) is 0 Å². The van der Waals surface area contributed by atoms with E-state index in [0.717, 1.165) is 17.1 Å². The van der Waals surface area contributed by atoms with Crippen molar-refractivity contribution in [2.45, 2.75) is 39.0 Å². The van der Waals surface area contributed by atoms with Crippen LogP contribution in [-0.2, 0) is 7.05 Å². The summed E-state index contributed by atoms with van der Waals surface area (Å²) < 4.78 is 1.92. The molecule has 0 fully saturated rings. The molecule has 0 aliphatic carbocycles. The third kappa shape index (κ3) is 4.87. The van der Waals surface area contributed by atoms with Gasteiger partial charge in [0.15, 0.2) is 10.9 Å². The molecule has 130 valence electrons. The number of imidazole rings is 1. The summed E-state index contributed by atoms with van der Waals surface area (Å²) in [5, 5.41) is 10.9. The Kier molecular flexibility index (Phi) is 5.05. The Balaban J connectivity index is 2.38. The van der Waals surface area contributed by atoms with Crippen molar-refractivity contribution in [3.05, 3.63) is 30.0 Å². The molecular weight excluding hydrogens is 324 g/mol. The Morgan fingerprint density at radius 3 is 2.75 bits per heavy atom. The monoisotopic (exact) mass is 348 g/mol. The van der Waals surface area contributed by atoms with Gasteiger partial charge in [-0.25, -0.2) is 9.98 Å². The molecule has 8 nitrogen and oxygen atoms in total. The minimum atomic E-state index is -0.697. The average molecular weight is 348 g/mol. The highest BCUT2D eigenvalue weighted by atomic mass is 32.1. The number of hydrogen-bond acceptors (Lipinski definition) is 6. The first-order valence-corrected chi connectivity index (χ1v) is 7.93. The third-order valence-electron chi connectivity index (χ3n) is 3.10. The van der Waals surface area contributed by atoms with Gasteiger partial charge in [0.25, 0.3) is 0 Å². The molecule has 9 heteroatoms. The van der Waals surface area contributed by atoms with Crippen molar-refractivity contribution in [3.8, 4) is 0 Å². The second-order valence-corrected chi connectivity index (χ2v) is 7.23. The number of allylic oxidation sites excluding steroid dienone is 2. The molecule has 0 saturated heterocycles. The topological polar surface area (TPSA) is 105 Å². The van der Waals surface area contributed by atoms with Crippen LogP contribution in [0.5, 0.6) is 0 Å². The zero-order valence-electron chi connectivity index (χ0n) is 14.6. The molecule has 1 atom stereocenters. The number of nitrogens with zero attached hydrogens (tertiary/aromatic N) is 4. The van der Waals surface area contributed by atoms with E-state index >= 15 is 0 Å². The van der Waals surface area contributed by atoms with Crippen molar-refractivity contribution in [1.29, 1.82) is 0 Å². The van der Waals surface area contributed by atoms with E-state index in [1.54, 1.807) is 18.7 Å². The highest BCUT2D eigenvalue weighted by Gasteiger charge is 2.32. The number of thiocarbonyl (C=S) groups is 1. The van der Waals surface area contributed by atoms with Crippen LogP contribution in [0.4, 0.5) is 0 Å². The SMILES string of the molecule is Cn1cncc1C1=NC(C)(NC(C)(C)C)NC(C=NNC(N)=S)=C1. The maximum absolute atomic E-state index is 5.39. The first-order valence-electron chi connectivity index (χ1n) is 7.52. The van der Waals surface area contributed by atoms with Gasteiger partial charge in [-0.05, 0) is 46.0 Å². The summed E-state index contributed by atoms with van der Waals surface area (Å²) in [7, 11) is 1.93. The summed E-state index contributed by atoms with van der Waals surface area (Å²) in [6, 6.07) is 0. The highest BCUT2D eigenvalue weighted by molar-refractivity contribution is 7.80. The summed E-state index contributed by atoms with van der Waals surface area (Å²) in [6.45, 7) is 8.22. The van der Waals surface area contributed by atoms with Crippen molar-refractivity contribution in [2.75, 3.05) is 0 Å². The molecule has 24 heavy (non-hydrogen) atoms. The van der Waals surface area contributed by atoms with Gasteiger partial charge in [0.1, 0.15) is 0 Å². The number of rotatable bonds is 4. The van der Waals surface area contributed by atoms with Gasteiger partial charge in [-0.15, -0.1) is 0 Å². The number of hydrogen-bond donors (Lipinski definition) is 4. The number of aromatic nitrogens is 2. The molecule has 0 amide bonds. The molecular formula is C15H24N8S. The minimum Gasteiger partial charge on any atom is -0.375 e. The predicted octanol–water partition coefficient (Wildman–Crippen LogP) is 0.577. The summed E-state index contributed by atoms with van der Waals surface area (Å²) in [6.07, 6.45) is 7.03. The summed E-state index contributed by atoms with van der Waals surface area (Å²) >= 11 is 4.75. The maximum atomic E-state index is 5.39. The molecule has 2 rings (SSSR count). The van der Waals surface area contributed by atoms with Crippen LogP contribution in [0.15, 0.2) is 34.4 Å². The van der Waals surface area contributed by atoms with E-state index in [0.29, 0.717) is 0 Å². The lowest BCUT2D eigenvalue weighted by atomic mass is 10.1. The molecule has 0 aromatic carbocycles. The number of hydrazone groups is 1. The standard InChI is InChI=1S/C15H24N8S/c1-14(2,3)22-15(4)19-10(7-18-21-13(16)24)6-11(20-15)12-8-17-9-23(12)5/h6-9,19,22H,1-5H3,(H3,16,21,24). The van der Waals surface area contributed by atoms with Crippen molar-refractivity contribution in [1.82, 2.24) is 25.6 Å². The van der Waals surface area contributed by atoms with E-state index < -0.39 is 5.79 Å². The lowest BCUT2D eigenvalue weighted by Crippen LogP contribution is -2.60. The molecule has 5 N–H and O–H groups in total. The average Bonchev–Trinajstić information content (AvgIpc) is 2.81. The van der Waals surface area contributed by atoms with Gasteiger partial charge >= 0.3 is 0 Å². The van der Waals surface area contributed by atoms with Gasteiger partial charge in [0.05, 0.1) is 35.8 Å². The fourth-order valence-corrected chi connectivity index (χ4v) is 2.58. The molecule has 1 aliphatic rings. The van der Waals surface area contributed by atoms with Gasteiger partial charge < -0.3 is 15.6 Å². The zero-order chi connectivity index (χ0) is 18.0. The van der Waals surface area contributed by atoms with E-state index in [4.69, 9.17) is 22.9 Å². The predicted molar refractivity (Wildman–Crippen MR) is 101 cm³/mol. The van der Waals surface area contributed by atoms with Crippen LogP contribution in [0, 0.1) is 0 Å². The third-order valence-corrected chi connectivity index (χ3v) is 3.19. The molecule has 0 bridgehead atoms. The Bertz CT molecular complexity index is 709. The quantitative estimate of drug-likeness (QED) is 0.360. The normalized spacial score (nSPS) is 21.2. The highest BCUT2D eigenvalue weighted by Crippen LogP contribution is 2.18. The van der Waals surface area contributed by atoms with Gasteiger partial charge in [-0.1, -0.05) is 0 Å². The Labute approximate surface area is 147 Å². The van der Waals surface area contributed by atoms with Crippen LogP contribution in [0.2, 0.25) is 0 Å². The second kappa shape index (κ2) is 6.70. The van der Waals surface area contributed by atoms with Gasteiger partial charge in [0, 0.05) is 12.6 Å². The molecule has 0 radical (unpaired) electrons. The van der Waals surface area contributed by atoms with Crippen molar-refractivity contribution >= 4 is 29.3 Å². The van der Waals surface area contributed by atoms with Crippen LogP contribution in [0.25, 0.3) is 0 Å². The molecule has 0 spiro atoms. The lowest BCUT2D eigenvalue weighted by molar-refractivity contribution is 0.241. The molecule has 0 saturated carbocycles. The van der Waals surface area contributed by atoms with E-state index in [1.165, 1.54) is 0 Å². The Morgan fingerprint density at radius 2 is 2.21 bits per heavy atom. The first-order chi connectivity index (χ1) is 11.1. The molecule has 1 aliphatic heterocycles. The van der Waals surface area contributed by atoms with Crippen LogP contribution in [0.1, 0.15) is 33.4 Å². The maximum Gasteiger partial charge on any atom is 0.184 e. The van der Waals surface area contributed by atoms with E-state index in [1.807, 2.05) is 24.6 Å². The van der Waals surface area contributed by atoms with E-state index in [-0.39, 0.29) is 10.7 Å². The van der Waals surface area contributed by atoms with Crippen LogP contribution in [-0.4, -0.2) is 37.9 Å². The van der Waals surface area contributed by atoms with Crippen molar-refractivity contribution in [3.63, 3.8) is 0 Å². The summed E-state index contributed by atoms with van der Waals surface area (Å²) in [5.41, 5.74) is 10.3. The minimum absolute atomic E-state index is 0.110. The van der Waals surface area contributed by atoms with Crippen LogP contribution < -0.4 is 21.8 Å². The summed E-state index contributed by atoms with van der Waals surface area (Å²) in [4.78, 5) is 8.98. The lowest BCUT2D eigenvalue weighted by Gasteiger charge is -2.38. The molecule has 2 heterocycles. The molecule has 1 aromatic heterocycles. The number of aryl methyl sites for hydroxylation is 1. The Hall–Kier alpha value is -2.26. The number of aliphatic imine (C=N–C) groups is 1. The fourth-order valence-electron chi connectivity index (χ4n) is 2.53. The van der Waals surface area contributed by atoms with Gasteiger partial charge in [0.2, 0.25) is 0 Å². The van der Waals surface area contributed by atoms with E-state index in [2.05, 4.69) is 46.9 Å². The van der Waals surface area contributed by atoms with Crippen LogP contribution >= 0.6 is 12.2 Å². The fraction of sp³-hybridized carbons (Fsp3) is 0.467. The number of nitrogens with one attached hydrogen (secondary N) is 3. The van der Waals surface area contributed by atoms with Crippen molar-refractivity contribution in [2.24, 2.45) is 22.9 Å². The van der Waals surface area contributed by atoms with Gasteiger partial charge in [-0.3, -0.25) is 10.7 Å². The summed E-state index contributed by atoms with van der Waals surface area (Å²) in [5.74, 6) is -0.697.